The molecule has 4 aliphatic heterocycles. The highest BCUT2D eigenvalue weighted by atomic mass is 19.3. The Labute approximate surface area is 370 Å². The molecule has 0 aliphatic carbocycles. The Morgan fingerprint density at radius 2 is 1.70 bits per heavy atom. The van der Waals surface area contributed by atoms with Crippen molar-refractivity contribution < 1.29 is 28.0 Å². The average Bonchev–Trinajstić information content (AvgIpc) is 3.99. The molecule has 3 aromatic carbocycles. The van der Waals surface area contributed by atoms with Crippen molar-refractivity contribution in [3.05, 3.63) is 98.7 Å². The lowest BCUT2D eigenvalue weighted by atomic mass is 9.86. The summed E-state index contributed by atoms with van der Waals surface area (Å²) in [6.07, 6.45) is 6.95. The van der Waals surface area contributed by atoms with E-state index in [1.807, 2.05) is 28.0 Å². The van der Waals surface area contributed by atoms with Crippen molar-refractivity contribution in [2.75, 3.05) is 24.5 Å². The third kappa shape index (κ3) is 8.21. The van der Waals surface area contributed by atoms with Gasteiger partial charge in [0, 0.05) is 113 Å². The summed E-state index contributed by atoms with van der Waals surface area (Å²) in [7, 11) is 3.43. The van der Waals surface area contributed by atoms with Crippen LogP contribution in [-0.2, 0) is 52.8 Å². The van der Waals surface area contributed by atoms with E-state index in [4.69, 9.17) is 0 Å². The minimum Gasteiger partial charge on any atom is -0.343 e. The lowest BCUT2D eigenvalue weighted by molar-refractivity contribution is -0.136. The lowest BCUT2D eigenvalue weighted by Crippen LogP contribution is -2.44. The van der Waals surface area contributed by atoms with Gasteiger partial charge >= 0.3 is 5.69 Å². The molecule has 4 amide bonds. The minimum atomic E-state index is -2.67. The van der Waals surface area contributed by atoms with E-state index in [-0.39, 0.29) is 47.7 Å². The first-order valence-corrected chi connectivity index (χ1v) is 22.3. The number of imidazole rings is 1. The zero-order valence-corrected chi connectivity index (χ0v) is 36.5. The van der Waals surface area contributed by atoms with Crippen LogP contribution in [-0.4, -0.2) is 72.0 Å². The third-order valence-electron chi connectivity index (χ3n) is 13.5. The smallest absolute Gasteiger partial charge is 0.329 e. The lowest BCUT2D eigenvalue weighted by Gasteiger charge is -2.36. The molecule has 2 fully saturated rings. The molecule has 15 heteroatoms. The summed E-state index contributed by atoms with van der Waals surface area (Å²) in [6.45, 7) is 4.53. The summed E-state index contributed by atoms with van der Waals surface area (Å²) >= 11 is 0. The molecule has 9 rings (SSSR count). The number of aryl methyl sites for hydroxylation is 3. The van der Waals surface area contributed by atoms with Crippen molar-refractivity contribution in [2.45, 2.75) is 103 Å². The van der Waals surface area contributed by atoms with E-state index < -0.39 is 18.4 Å². The van der Waals surface area contributed by atoms with Crippen molar-refractivity contribution in [2.24, 2.45) is 14.1 Å². The zero-order chi connectivity index (χ0) is 44.8. The molecule has 2 saturated heterocycles. The molecule has 4 aliphatic rings. The largest absolute Gasteiger partial charge is 0.343 e. The van der Waals surface area contributed by atoms with Crippen LogP contribution in [0.1, 0.15) is 116 Å². The summed E-state index contributed by atoms with van der Waals surface area (Å²) in [5, 5.41) is 6.56. The fraction of sp³-hybridized carbons (Fsp3) is 0.429. The van der Waals surface area contributed by atoms with Crippen LogP contribution in [0.25, 0.3) is 22.2 Å². The Bertz CT molecular complexity index is 2820. The average molecular weight is 871 g/mol. The highest BCUT2D eigenvalue weighted by Gasteiger charge is 2.34. The van der Waals surface area contributed by atoms with E-state index in [0.717, 1.165) is 71.3 Å². The number of imide groups is 1. The van der Waals surface area contributed by atoms with E-state index in [9.17, 15) is 32.8 Å². The quantitative estimate of drug-likeness (QED) is 0.0966. The number of amides is 4. The van der Waals surface area contributed by atoms with Crippen LogP contribution >= 0.6 is 0 Å². The van der Waals surface area contributed by atoms with E-state index in [1.165, 1.54) is 9.13 Å². The van der Waals surface area contributed by atoms with E-state index >= 15 is 0 Å². The van der Waals surface area contributed by atoms with Gasteiger partial charge in [0.1, 0.15) is 6.04 Å². The number of rotatable bonds is 9. The molecule has 0 saturated carbocycles. The van der Waals surface area contributed by atoms with Crippen LogP contribution < -0.4 is 15.9 Å². The first-order chi connectivity index (χ1) is 30.8. The maximum atomic E-state index is 14.7. The number of nitrogens with zero attached hydrogens (tertiary/aromatic N) is 7. The highest BCUT2D eigenvalue weighted by Crippen LogP contribution is 2.45. The molecule has 1 unspecified atom stereocenters. The van der Waals surface area contributed by atoms with Gasteiger partial charge in [-0.1, -0.05) is 17.9 Å². The Kier molecular flexibility index (Phi) is 11.7. The number of piperidine rings is 2. The molecule has 6 heterocycles. The summed E-state index contributed by atoms with van der Waals surface area (Å²) < 4.78 is 34.0. The highest BCUT2D eigenvalue weighted by molar-refractivity contribution is 6.00. The molecule has 0 bridgehead atoms. The molecular weight excluding hydrogens is 819 g/mol. The fourth-order valence-corrected chi connectivity index (χ4v) is 10.0. The monoisotopic (exact) mass is 870 g/mol. The summed E-state index contributed by atoms with van der Waals surface area (Å²) in [5.41, 5.74) is 8.92. The molecule has 332 valence electrons. The second-order valence-electron chi connectivity index (χ2n) is 17.6. The maximum absolute atomic E-state index is 14.7. The first kappa shape index (κ1) is 42.7. The number of carbonyl (C=O) groups excluding carboxylic acids is 4. The minimum absolute atomic E-state index is 0.00449. The van der Waals surface area contributed by atoms with Gasteiger partial charge in [0.15, 0.2) is 0 Å². The number of likely N-dealkylation sites (tertiary alicyclic amines) is 1. The number of hydrogen-bond acceptors (Lipinski definition) is 7. The van der Waals surface area contributed by atoms with Gasteiger partial charge < -0.3 is 14.7 Å². The van der Waals surface area contributed by atoms with Crippen molar-refractivity contribution in [1.82, 2.24) is 34.0 Å². The number of carbonyl (C=O) groups is 4. The van der Waals surface area contributed by atoms with Crippen molar-refractivity contribution >= 4 is 46.0 Å². The first-order valence-electron chi connectivity index (χ1n) is 22.3. The maximum Gasteiger partial charge on any atom is 0.329 e. The fourth-order valence-electron chi connectivity index (χ4n) is 10.0. The van der Waals surface area contributed by atoms with Crippen LogP contribution in [0.5, 0.6) is 0 Å². The molecular formula is C49H52F2N8O5. The Balaban J connectivity index is 0.835. The number of nitrogens with one attached hydrogen (secondary N) is 1. The van der Waals surface area contributed by atoms with Crippen LogP contribution in [0, 0.1) is 11.8 Å². The molecule has 0 spiro atoms. The second-order valence-corrected chi connectivity index (χ2v) is 17.6. The number of fused-ring (bicyclic) bond motifs is 3. The van der Waals surface area contributed by atoms with Crippen molar-refractivity contribution in [3.63, 3.8) is 0 Å². The summed E-state index contributed by atoms with van der Waals surface area (Å²) in [5.74, 6) is 5.92. The molecule has 5 aromatic rings. The van der Waals surface area contributed by atoms with E-state index in [0.29, 0.717) is 74.1 Å². The van der Waals surface area contributed by atoms with Gasteiger partial charge in [0.05, 0.1) is 17.2 Å². The third-order valence-corrected chi connectivity index (χ3v) is 13.5. The number of unbranched alkanes of at least 4 members (excludes halogenated alkanes) is 2. The molecule has 1 N–H and O–H groups in total. The number of benzene rings is 3. The number of anilines is 2. The van der Waals surface area contributed by atoms with E-state index in [1.54, 1.807) is 50.2 Å². The van der Waals surface area contributed by atoms with Crippen molar-refractivity contribution in [1.29, 1.82) is 0 Å². The van der Waals surface area contributed by atoms with Gasteiger partial charge in [-0.25, -0.2) is 13.6 Å². The van der Waals surface area contributed by atoms with Gasteiger partial charge in [-0.2, -0.15) is 5.10 Å². The molecule has 13 nitrogen and oxygen atoms in total. The summed E-state index contributed by atoms with van der Waals surface area (Å²) in [4.78, 5) is 69.3. The SMILES string of the molecule is CC(=O)N1Cc2cc(C3CCN(C(=O)CCCCC#Cc4ccc5c(c4)n(C)c(=O)n5C4CCC(=O)NC4=O)CC3)cc(N3CCCc4cc(-c5cnn(C)c5)c(C(F)F)cc43)c2C1. The van der Waals surface area contributed by atoms with Crippen LogP contribution in [0.3, 0.4) is 0 Å². The van der Waals surface area contributed by atoms with Crippen LogP contribution in [0.15, 0.2) is 59.7 Å². The number of aromatic nitrogens is 4. The number of alkyl halides is 2. The van der Waals surface area contributed by atoms with Gasteiger partial charge in [0.25, 0.3) is 6.43 Å². The van der Waals surface area contributed by atoms with Gasteiger partial charge in [-0.15, -0.1) is 0 Å². The predicted octanol–water partition coefficient (Wildman–Crippen LogP) is 6.92. The number of hydrogen-bond donors (Lipinski definition) is 1. The van der Waals surface area contributed by atoms with Gasteiger partial charge in [0.2, 0.25) is 23.6 Å². The topological polar surface area (TPSA) is 135 Å². The Morgan fingerprint density at radius 3 is 2.44 bits per heavy atom. The van der Waals surface area contributed by atoms with Crippen LogP contribution in [0.2, 0.25) is 0 Å². The molecule has 2 aromatic heterocycles. The van der Waals surface area contributed by atoms with Crippen LogP contribution in [0.4, 0.5) is 20.2 Å². The Hall–Kier alpha value is -6.56. The molecule has 1 atom stereocenters. The Morgan fingerprint density at radius 1 is 0.891 bits per heavy atom. The number of halogens is 2. The summed E-state index contributed by atoms with van der Waals surface area (Å²) in [6, 6.07) is 12.7. The van der Waals surface area contributed by atoms with Gasteiger partial charge in [-0.05, 0) is 110 Å². The standard InChI is InChI=1S/C49H52F2N8O5/c1-30(60)57-28-35-22-34(24-43(39(35)29-57)58-18-8-10-33-23-37(36-26-52-54(2)27-36)38(47(50)51)25-42(33)58)32-16-19-56(20-17-32)46(62)11-7-5-4-6-9-31-12-13-40-44(21-31)55(3)49(64)59(40)41-14-15-45(61)53-48(41)63/h12-13,21-27,32,41,47H,4-5,7-8,10-11,14-20,28-29H2,1-3H3,(H,53,61,63). The van der Waals surface area contributed by atoms with Gasteiger partial charge in [-0.3, -0.25) is 38.3 Å². The van der Waals surface area contributed by atoms with E-state index in [2.05, 4.69) is 39.3 Å². The normalized spacial score (nSPS) is 17.7. The van der Waals surface area contributed by atoms with Crippen molar-refractivity contribution in [3.8, 4) is 23.0 Å². The zero-order valence-electron chi connectivity index (χ0n) is 36.5. The molecule has 64 heavy (non-hydrogen) atoms. The second kappa shape index (κ2) is 17.5. The predicted molar refractivity (Wildman–Crippen MR) is 238 cm³/mol. The molecule has 0 radical (unpaired) electrons.